The number of carbonyl (C=O) groups excluding carboxylic acids is 1. The van der Waals surface area contributed by atoms with Gasteiger partial charge in [0.1, 0.15) is 17.9 Å². The molecule has 0 spiro atoms. The molecule has 0 aliphatic rings. The van der Waals surface area contributed by atoms with Crippen LogP contribution in [0.4, 0.5) is 5.82 Å². The van der Waals surface area contributed by atoms with E-state index in [0.29, 0.717) is 17.1 Å². The van der Waals surface area contributed by atoms with Crippen LogP contribution in [0.2, 0.25) is 0 Å². The molecule has 9 nitrogen and oxygen atoms in total. The highest BCUT2D eigenvalue weighted by Crippen LogP contribution is 2.24. The van der Waals surface area contributed by atoms with Gasteiger partial charge in [0, 0.05) is 0 Å². The lowest BCUT2D eigenvalue weighted by Gasteiger charge is -1.96. The molecule has 2 rings (SSSR count). The largest absolute Gasteiger partial charge is 0.390 e. The molecule has 0 aromatic carbocycles. The monoisotopic (exact) mass is 251 g/mol. The highest BCUT2D eigenvalue weighted by Gasteiger charge is 2.23. The van der Waals surface area contributed by atoms with E-state index in [1.165, 1.54) is 17.7 Å². The first kappa shape index (κ1) is 11.9. The van der Waals surface area contributed by atoms with E-state index < -0.39 is 4.92 Å². The zero-order valence-corrected chi connectivity index (χ0v) is 9.65. The summed E-state index contributed by atoms with van der Waals surface area (Å²) < 4.78 is 5.75. The van der Waals surface area contributed by atoms with Gasteiger partial charge in [0.05, 0.1) is 11.2 Å². The van der Waals surface area contributed by atoms with Crippen LogP contribution in [0.25, 0.3) is 11.4 Å². The molecule has 2 aromatic rings. The van der Waals surface area contributed by atoms with Gasteiger partial charge in [-0.1, -0.05) is 5.16 Å². The van der Waals surface area contributed by atoms with E-state index >= 15 is 0 Å². The van der Waals surface area contributed by atoms with E-state index in [4.69, 9.17) is 0 Å². The highest BCUT2D eigenvalue weighted by atomic mass is 16.6. The topological polar surface area (TPSA) is 117 Å². The molecule has 2 heterocycles. The van der Waals surface area contributed by atoms with Crippen molar-refractivity contribution in [2.75, 3.05) is 0 Å². The summed E-state index contributed by atoms with van der Waals surface area (Å²) in [7, 11) is 0. The normalized spacial score (nSPS) is 10.6. The quantitative estimate of drug-likeness (QED) is 0.580. The van der Waals surface area contributed by atoms with E-state index in [0.717, 1.165) is 0 Å². The van der Waals surface area contributed by atoms with Crippen LogP contribution in [0.15, 0.2) is 10.7 Å². The van der Waals surface area contributed by atoms with Crippen LogP contribution in [0, 0.1) is 17.0 Å². The molecule has 0 N–H and O–H groups in total. The summed E-state index contributed by atoms with van der Waals surface area (Å²) in [5, 5.41) is 21.7. The van der Waals surface area contributed by atoms with Gasteiger partial charge in [-0.3, -0.25) is 4.79 Å². The number of aromatic nitrogens is 4. The molecule has 0 aliphatic heterocycles. The molecular formula is C9H9N5O4. The van der Waals surface area contributed by atoms with Gasteiger partial charge in [-0.05, 0) is 23.9 Å². The van der Waals surface area contributed by atoms with Gasteiger partial charge in [-0.15, -0.1) is 0 Å². The number of Topliss-reactive ketones (excluding diaryl/α,β-unsaturated/α-hetero) is 1. The second-order valence-electron chi connectivity index (χ2n) is 3.70. The van der Waals surface area contributed by atoms with E-state index in [1.807, 2.05) is 0 Å². The Balaban J connectivity index is 2.54. The lowest BCUT2D eigenvalue weighted by molar-refractivity contribution is -0.389. The Bertz CT molecular complexity index is 614. The van der Waals surface area contributed by atoms with Crippen molar-refractivity contribution in [3.63, 3.8) is 0 Å². The number of hydrogen-bond donors (Lipinski definition) is 0. The summed E-state index contributed by atoms with van der Waals surface area (Å²) in [6, 6.07) is 1.23. The van der Waals surface area contributed by atoms with Gasteiger partial charge in [-0.2, -0.15) is 4.68 Å². The summed E-state index contributed by atoms with van der Waals surface area (Å²) in [6.07, 6.45) is 0. The van der Waals surface area contributed by atoms with Crippen molar-refractivity contribution >= 4 is 11.6 Å². The number of nitro groups is 1. The summed E-state index contributed by atoms with van der Waals surface area (Å²) in [4.78, 5) is 21.2. The van der Waals surface area contributed by atoms with Crippen molar-refractivity contribution in [2.24, 2.45) is 0 Å². The van der Waals surface area contributed by atoms with E-state index in [9.17, 15) is 14.9 Å². The van der Waals surface area contributed by atoms with Crippen LogP contribution >= 0.6 is 0 Å². The SMILES string of the molecule is CC(=O)Cn1nc([N+](=O)[O-])cc1-c1nonc1C. The average molecular weight is 251 g/mol. The Labute approximate surface area is 101 Å². The molecule has 0 fully saturated rings. The first-order valence-electron chi connectivity index (χ1n) is 5.00. The molecule has 9 heteroatoms. The maximum absolute atomic E-state index is 11.1. The minimum atomic E-state index is -0.636. The molecule has 0 unspecified atom stereocenters. The van der Waals surface area contributed by atoms with Crippen molar-refractivity contribution in [3.05, 3.63) is 21.9 Å². The third kappa shape index (κ3) is 2.10. The molecule has 0 saturated carbocycles. The Kier molecular flexibility index (Phi) is 2.88. The Hall–Kier alpha value is -2.58. The minimum Gasteiger partial charge on any atom is -0.358 e. The standard InChI is InChI=1S/C9H9N5O4/c1-5(15)4-13-7(3-8(10-13)14(16)17)9-6(2)11-18-12-9/h3H,4H2,1-2H3. The summed E-state index contributed by atoms with van der Waals surface area (Å²) in [6.45, 7) is 2.93. The van der Waals surface area contributed by atoms with E-state index in [-0.39, 0.29) is 18.1 Å². The summed E-state index contributed by atoms with van der Waals surface area (Å²) in [5.74, 6) is -0.531. The van der Waals surface area contributed by atoms with Crippen molar-refractivity contribution in [1.82, 2.24) is 20.1 Å². The summed E-state index contributed by atoms with van der Waals surface area (Å²) in [5.41, 5.74) is 1.13. The van der Waals surface area contributed by atoms with Gasteiger partial charge < -0.3 is 10.1 Å². The summed E-state index contributed by atoms with van der Waals surface area (Å²) >= 11 is 0. The number of rotatable bonds is 4. The molecule has 94 valence electrons. The third-order valence-electron chi connectivity index (χ3n) is 2.22. The maximum Gasteiger partial charge on any atom is 0.390 e. The first-order chi connectivity index (χ1) is 8.49. The van der Waals surface area contributed by atoms with Crippen LogP contribution in [0.5, 0.6) is 0 Å². The number of ketones is 1. The van der Waals surface area contributed by atoms with Crippen molar-refractivity contribution in [3.8, 4) is 11.4 Å². The van der Waals surface area contributed by atoms with Crippen LogP contribution in [-0.4, -0.2) is 30.8 Å². The minimum absolute atomic E-state index is 0.0739. The average Bonchev–Trinajstić information content (AvgIpc) is 2.83. The molecule has 0 amide bonds. The molecular weight excluding hydrogens is 242 g/mol. The lowest BCUT2D eigenvalue weighted by atomic mass is 10.2. The second-order valence-corrected chi connectivity index (χ2v) is 3.70. The van der Waals surface area contributed by atoms with Crippen LogP contribution in [0.1, 0.15) is 12.6 Å². The predicted octanol–water partition coefficient (Wildman–Crippen LogP) is 0.739. The smallest absolute Gasteiger partial charge is 0.358 e. The van der Waals surface area contributed by atoms with Gasteiger partial charge in [0.15, 0.2) is 11.5 Å². The van der Waals surface area contributed by atoms with Crippen molar-refractivity contribution in [2.45, 2.75) is 20.4 Å². The van der Waals surface area contributed by atoms with Gasteiger partial charge in [0.2, 0.25) is 0 Å². The molecule has 0 radical (unpaired) electrons. The number of hydrogen-bond acceptors (Lipinski definition) is 7. The highest BCUT2D eigenvalue weighted by molar-refractivity contribution is 5.76. The first-order valence-corrected chi connectivity index (χ1v) is 5.00. The molecule has 0 aliphatic carbocycles. The lowest BCUT2D eigenvalue weighted by Crippen LogP contribution is -2.09. The van der Waals surface area contributed by atoms with E-state index in [1.54, 1.807) is 6.92 Å². The third-order valence-corrected chi connectivity index (χ3v) is 2.22. The predicted molar refractivity (Wildman–Crippen MR) is 57.6 cm³/mol. The van der Waals surface area contributed by atoms with Crippen molar-refractivity contribution in [1.29, 1.82) is 0 Å². The number of carbonyl (C=O) groups is 1. The van der Waals surface area contributed by atoms with Crippen LogP contribution in [0.3, 0.4) is 0 Å². The number of nitrogens with zero attached hydrogens (tertiary/aromatic N) is 5. The van der Waals surface area contributed by atoms with Gasteiger partial charge >= 0.3 is 5.82 Å². The van der Waals surface area contributed by atoms with Gasteiger partial charge in [-0.25, -0.2) is 4.63 Å². The van der Waals surface area contributed by atoms with Gasteiger partial charge in [0.25, 0.3) is 0 Å². The Morgan fingerprint density at radius 1 is 1.56 bits per heavy atom. The molecule has 2 aromatic heterocycles. The molecule has 18 heavy (non-hydrogen) atoms. The molecule has 0 saturated heterocycles. The van der Waals surface area contributed by atoms with Crippen LogP contribution in [-0.2, 0) is 11.3 Å². The fourth-order valence-corrected chi connectivity index (χ4v) is 1.48. The van der Waals surface area contributed by atoms with Crippen molar-refractivity contribution < 1.29 is 14.3 Å². The second kappa shape index (κ2) is 4.35. The Morgan fingerprint density at radius 3 is 2.78 bits per heavy atom. The zero-order chi connectivity index (χ0) is 13.3. The fraction of sp³-hybridized carbons (Fsp3) is 0.333. The fourth-order valence-electron chi connectivity index (χ4n) is 1.48. The van der Waals surface area contributed by atoms with E-state index in [2.05, 4.69) is 20.0 Å². The zero-order valence-electron chi connectivity index (χ0n) is 9.65. The number of aryl methyl sites for hydroxylation is 1. The molecule has 0 bridgehead atoms. The molecule has 0 atom stereocenters. The Morgan fingerprint density at radius 2 is 2.28 bits per heavy atom. The maximum atomic E-state index is 11.1. The van der Waals surface area contributed by atoms with Crippen LogP contribution < -0.4 is 0 Å².